The lowest BCUT2D eigenvalue weighted by atomic mass is 10.2. The SMILES string of the molecule is CCOc1cc(NCc2cncn2C(C)C)ccc1OC. The van der Waals surface area contributed by atoms with E-state index >= 15 is 0 Å². The van der Waals surface area contributed by atoms with Gasteiger partial charge in [0.05, 0.1) is 32.3 Å². The molecule has 21 heavy (non-hydrogen) atoms. The standard InChI is InChI=1S/C16H23N3O2/c1-5-21-16-8-13(6-7-15(16)20-4)18-10-14-9-17-11-19(14)12(2)3/h6-9,11-12,18H,5,10H2,1-4H3. The van der Waals surface area contributed by atoms with Gasteiger partial charge in [0, 0.05) is 24.0 Å². The summed E-state index contributed by atoms with van der Waals surface area (Å²) < 4.78 is 13.0. The highest BCUT2D eigenvalue weighted by Crippen LogP contribution is 2.30. The van der Waals surface area contributed by atoms with Gasteiger partial charge in [-0.15, -0.1) is 0 Å². The topological polar surface area (TPSA) is 48.3 Å². The van der Waals surface area contributed by atoms with E-state index in [0.29, 0.717) is 12.6 Å². The van der Waals surface area contributed by atoms with Crippen molar-refractivity contribution in [2.75, 3.05) is 19.0 Å². The van der Waals surface area contributed by atoms with Crippen molar-refractivity contribution in [2.24, 2.45) is 0 Å². The number of aromatic nitrogens is 2. The third-order valence-electron chi connectivity index (χ3n) is 3.24. The Balaban J connectivity index is 2.09. The van der Waals surface area contributed by atoms with Crippen LogP contribution in [0, 0.1) is 0 Å². The van der Waals surface area contributed by atoms with Crippen LogP contribution in [0.25, 0.3) is 0 Å². The van der Waals surface area contributed by atoms with Crippen molar-refractivity contribution in [3.05, 3.63) is 36.4 Å². The Morgan fingerprint density at radius 3 is 2.76 bits per heavy atom. The van der Waals surface area contributed by atoms with Crippen LogP contribution in [-0.2, 0) is 6.54 Å². The van der Waals surface area contributed by atoms with Crippen molar-refractivity contribution in [1.29, 1.82) is 0 Å². The molecule has 0 bridgehead atoms. The monoisotopic (exact) mass is 289 g/mol. The van der Waals surface area contributed by atoms with Crippen molar-refractivity contribution in [3.8, 4) is 11.5 Å². The predicted octanol–water partition coefficient (Wildman–Crippen LogP) is 3.48. The van der Waals surface area contributed by atoms with Gasteiger partial charge >= 0.3 is 0 Å². The molecule has 0 saturated carbocycles. The number of anilines is 1. The second kappa shape index (κ2) is 7.02. The van der Waals surface area contributed by atoms with Crippen LogP contribution in [0.1, 0.15) is 32.5 Å². The third kappa shape index (κ3) is 3.68. The first kappa shape index (κ1) is 15.2. The summed E-state index contributed by atoms with van der Waals surface area (Å²) in [5, 5.41) is 3.40. The molecule has 0 spiro atoms. The molecule has 0 amide bonds. The quantitative estimate of drug-likeness (QED) is 0.847. The van der Waals surface area contributed by atoms with E-state index in [1.54, 1.807) is 7.11 Å². The second-order valence-corrected chi connectivity index (χ2v) is 5.04. The molecule has 1 aromatic carbocycles. The zero-order valence-corrected chi connectivity index (χ0v) is 13.1. The van der Waals surface area contributed by atoms with E-state index in [4.69, 9.17) is 9.47 Å². The van der Waals surface area contributed by atoms with Gasteiger partial charge in [0.25, 0.3) is 0 Å². The minimum atomic E-state index is 0.402. The average Bonchev–Trinajstić information content (AvgIpc) is 2.94. The molecule has 5 nitrogen and oxygen atoms in total. The van der Waals surface area contributed by atoms with Crippen molar-refractivity contribution in [1.82, 2.24) is 9.55 Å². The molecule has 0 aliphatic carbocycles. The van der Waals surface area contributed by atoms with Gasteiger partial charge in [-0.1, -0.05) is 0 Å². The van der Waals surface area contributed by atoms with Crippen LogP contribution in [0.15, 0.2) is 30.7 Å². The fourth-order valence-corrected chi connectivity index (χ4v) is 2.18. The first-order chi connectivity index (χ1) is 10.2. The van der Waals surface area contributed by atoms with E-state index < -0.39 is 0 Å². The normalized spacial score (nSPS) is 10.7. The van der Waals surface area contributed by atoms with Gasteiger partial charge in [-0.2, -0.15) is 0 Å². The fourth-order valence-electron chi connectivity index (χ4n) is 2.18. The summed E-state index contributed by atoms with van der Waals surface area (Å²) in [6.07, 6.45) is 3.75. The molecular weight excluding hydrogens is 266 g/mol. The van der Waals surface area contributed by atoms with Crippen molar-refractivity contribution in [3.63, 3.8) is 0 Å². The Labute approximate surface area is 125 Å². The van der Waals surface area contributed by atoms with Crippen molar-refractivity contribution in [2.45, 2.75) is 33.4 Å². The Bertz CT molecular complexity index is 579. The molecule has 0 aliphatic heterocycles. The van der Waals surface area contributed by atoms with Crippen LogP contribution < -0.4 is 14.8 Å². The summed E-state index contributed by atoms with van der Waals surface area (Å²) in [6, 6.07) is 6.25. The molecule has 0 aliphatic rings. The van der Waals surface area contributed by atoms with E-state index in [2.05, 4.69) is 28.7 Å². The zero-order chi connectivity index (χ0) is 15.2. The van der Waals surface area contributed by atoms with Gasteiger partial charge in [-0.3, -0.25) is 0 Å². The number of nitrogens with zero attached hydrogens (tertiary/aromatic N) is 2. The summed E-state index contributed by atoms with van der Waals surface area (Å²) in [4.78, 5) is 4.21. The van der Waals surface area contributed by atoms with Crippen LogP contribution in [0.3, 0.4) is 0 Å². The highest BCUT2D eigenvalue weighted by Gasteiger charge is 2.07. The molecule has 1 N–H and O–H groups in total. The summed E-state index contributed by atoms with van der Waals surface area (Å²) >= 11 is 0. The molecule has 1 aromatic heterocycles. The van der Waals surface area contributed by atoms with Gasteiger partial charge < -0.3 is 19.4 Å². The Kier molecular flexibility index (Phi) is 5.09. The van der Waals surface area contributed by atoms with Gasteiger partial charge in [0.2, 0.25) is 0 Å². The third-order valence-corrected chi connectivity index (χ3v) is 3.24. The number of benzene rings is 1. The van der Waals surface area contributed by atoms with Gasteiger partial charge in [-0.05, 0) is 32.9 Å². The molecule has 0 radical (unpaired) electrons. The van der Waals surface area contributed by atoms with Crippen LogP contribution in [-0.4, -0.2) is 23.3 Å². The Morgan fingerprint density at radius 2 is 2.10 bits per heavy atom. The number of methoxy groups -OCH3 is 1. The Morgan fingerprint density at radius 1 is 1.29 bits per heavy atom. The maximum absolute atomic E-state index is 5.58. The Hall–Kier alpha value is -2.17. The highest BCUT2D eigenvalue weighted by molar-refractivity contribution is 5.54. The lowest BCUT2D eigenvalue weighted by Gasteiger charge is -2.14. The minimum absolute atomic E-state index is 0.402. The van der Waals surface area contributed by atoms with Crippen LogP contribution in [0.2, 0.25) is 0 Å². The molecule has 2 rings (SSSR count). The molecule has 5 heteroatoms. The van der Waals surface area contributed by atoms with Crippen LogP contribution in [0.5, 0.6) is 11.5 Å². The zero-order valence-electron chi connectivity index (χ0n) is 13.1. The molecule has 0 fully saturated rings. The summed E-state index contributed by atoms with van der Waals surface area (Å²) in [7, 11) is 1.64. The second-order valence-electron chi connectivity index (χ2n) is 5.04. The molecular formula is C16H23N3O2. The van der Waals surface area contributed by atoms with E-state index in [0.717, 1.165) is 29.4 Å². The number of rotatable bonds is 7. The van der Waals surface area contributed by atoms with Crippen LogP contribution in [0.4, 0.5) is 5.69 Å². The summed E-state index contributed by atoms with van der Waals surface area (Å²) in [6.45, 7) is 7.58. The minimum Gasteiger partial charge on any atom is -0.493 e. The fraction of sp³-hybridized carbons (Fsp3) is 0.438. The molecule has 2 aromatic rings. The largest absolute Gasteiger partial charge is 0.493 e. The smallest absolute Gasteiger partial charge is 0.163 e. The maximum atomic E-state index is 5.58. The predicted molar refractivity (Wildman–Crippen MR) is 84.1 cm³/mol. The first-order valence-corrected chi connectivity index (χ1v) is 7.21. The molecule has 0 unspecified atom stereocenters. The number of nitrogens with one attached hydrogen (secondary N) is 1. The number of hydrogen-bond acceptors (Lipinski definition) is 4. The molecule has 0 atom stereocenters. The molecule has 1 heterocycles. The van der Waals surface area contributed by atoms with E-state index in [-0.39, 0.29) is 0 Å². The molecule has 0 saturated heterocycles. The van der Waals surface area contributed by atoms with Gasteiger partial charge in [-0.25, -0.2) is 4.98 Å². The van der Waals surface area contributed by atoms with E-state index in [9.17, 15) is 0 Å². The lowest BCUT2D eigenvalue weighted by Crippen LogP contribution is -2.09. The first-order valence-electron chi connectivity index (χ1n) is 7.21. The summed E-state index contributed by atoms with van der Waals surface area (Å²) in [5.74, 6) is 1.50. The molecule has 114 valence electrons. The highest BCUT2D eigenvalue weighted by atomic mass is 16.5. The van der Waals surface area contributed by atoms with Gasteiger partial charge in [0.1, 0.15) is 0 Å². The summed E-state index contributed by atoms with van der Waals surface area (Å²) in [5.41, 5.74) is 2.15. The van der Waals surface area contributed by atoms with E-state index in [1.165, 1.54) is 0 Å². The van der Waals surface area contributed by atoms with Crippen LogP contribution >= 0.6 is 0 Å². The number of hydrogen-bond donors (Lipinski definition) is 1. The average molecular weight is 289 g/mol. The van der Waals surface area contributed by atoms with E-state index in [1.807, 2.05) is 37.6 Å². The van der Waals surface area contributed by atoms with Crippen molar-refractivity contribution >= 4 is 5.69 Å². The van der Waals surface area contributed by atoms with Gasteiger partial charge in [0.15, 0.2) is 11.5 Å². The van der Waals surface area contributed by atoms with Crippen molar-refractivity contribution < 1.29 is 9.47 Å². The maximum Gasteiger partial charge on any atom is 0.163 e. The lowest BCUT2D eigenvalue weighted by molar-refractivity contribution is 0.311. The number of imidazole rings is 1. The number of ether oxygens (including phenoxy) is 2.